The van der Waals surface area contributed by atoms with Gasteiger partial charge >= 0.3 is 0 Å². The van der Waals surface area contributed by atoms with Gasteiger partial charge in [0.15, 0.2) is 6.61 Å². The van der Waals surface area contributed by atoms with Gasteiger partial charge in [-0.15, -0.1) is 0 Å². The van der Waals surface area contributed by atoms with Gasteiger partial charge in [0.1, 0.15) is 5.75 Å². The van der Waals surface area contributed by atoms with Crippen LogP contribution >= 0.6 is 0 Å². The highest BCUT2D eigenvalue weighted by Gasteiger charge is 2.26. The number of non-ortho nitro benzene ring substituents is 1. The number of nitro groups is 1. The van der Waals surface area contributed by atoms with E-state index in [2.05, 4.69) is 0 Å². The van der Waals surface area contributed by atoms with Crippen LogP contribution in [0.2, 0.25) is 0 Å². The molecule has 1 fully saturated rings. The summed E-state index contributed by atoms with van der Waals surface area (Å²) < 4.78 is 5.17. The van der Waals surface area contributed by atoms with Gasteiger partial charge in [0.2, 0.25) is 5.91 Å². The summed E-state index contributed by atoms with van der Waals surface area (Å²) in [6.45, 7) is 0.114. The SMILES string of the molecule is O=C1CCCN1C(=O)COc1cccc([N+](=O)[O-])c1. The van der Waals surface area contributed by atoms with Crippen molar-refractivity contribution in [1.82, 2.24) is 4.90 Å². The van der Waals surface area contributed by atoms with Crippen molar-refractivity contribution in [2.75, 3.05) is 13.2 Å². The maximum atomic E-state index is 11.7. The summed E-state index contributed by atoms with van der Waals surface area (Å²) >= 11 is 0. The van der Waals surface area contributed by atoms with Gasteiger partial charge in [-0.3, -0.25) is 24.6 Å². The third-order valence-corrected chi connectivity index (χ3v) is 2.77. The summed E-state index contributed by atoms with van der Waals surface area (Å²) in [4.78, 5) is 34.2. The minimum Gasteiger partial charge on any atom is -0.483 e. The Bertz CT molecular complexity index is 529. The molecule has 0 radical (unpaired) electrons. The van der Waals surface area contributed by atoms with Gasteiger partial charge in [-0.1, -0.05) is 6.07 Å². The number of hydrogen-bond donors (Lipinski definition) is 0. The van der Waals surface area contributed by atoms with Gasteiger partial charge in [0.25, 0.3) is 11.6 Å². The summed E-state index contributed by atoms with van der Waals surface area (Å²) in [6, 6.07) is 5.56. The van der Waals surface area contributed by atoms with E-state index in [1.165, 1.54) is 24.3 Å². The van der Waals surface area contributed by atoms with E-state index in [1.807, 2.05) is 0 Å². The van der Waals surface area contributed by atoms with E-state index in [4.69, 9.17) is 4.74 Å². The highest BCUT2D eigenvalue weighted by atomic mass is 16.6. The molecule has 1 aliphatic heterocycles. The summed E-state index contributed by atoms with van der Waals surface area (Å²) in [5, 5.41) is 10.6. The fourth-order valence-electron chi connectivity index (χ4n) is 1.82. The van der Waals surface area contributed by atoms with E-state index in [-0.39, 0.29) is 24.0 Å². The van der Waals surface area contributed by atoms with Crippen molar-refractivity contribution < 1.29 is 19.2 Å². The van der Waals surface area contributed by atoms with Crippen LogP contribution in [0.3, 0.4) is 0 Å². The van der Waals surface area contributed by atoms with Crippen LogP contribution in [0, 0.1) is 10.1 Å². The van der Waals surface area contributed by atoms with Gasteiger partial charge in [0, 0.05) is 19.0 Å². The molecule has 0 unspecified atom stereocenters. The normalized spacial score (nSPS) is 14.5. The Morgan fingerprint density at radius 3 is 2.89 bits per heavy atom. The molecule has 0 bridgehead atoms. The number of likely N-dealkylation sites (tertiary alicyclic amines) is 1. The third-order valence-electron chi connectivity index (χ3n) is 2.77. The lowest BCUT2D eigenvalue weighted by molar-refractivity contribution is -0.384. The highest BCUT2D eigenvalue weighted by molar-refractivity contribution is 5.97. The zero-order valence-electron chi connectivity index (χ0n) is 10.1. The molecule has 1 aromatic carbocycles. The number of ether oxygens (including phenoxy) is 1. The topological polar surface area (TPSA) is 89.8 Å². The first-order valence-electron chi connectivity index (χ1n) is 5.78. The number of imide groups is 1. The lowest BCUT2D eigenvalue weighted by Gasteiger charge is -2.13. The Hall–Kier alpha value is -2.44. The van der Waals surface area contributed by atoms with Crippen LogP contribution in [-0.2, 0) is 9.59 Å². The molecular weight excluding hydrogens is 252 g/mol. The summed E-state index contributed by atoms with van der Waals surface area (Å²) in [5.74, 6) is -0.393. The van der Waals surface area contributed by atoms with Gasteiger partial charge in [0.05, 0.1) is 11.0 Å². The van der Waals surface area contributed by atoms with E-state index in [0.717, 1.165) is 4.90 Å². The minimum absolute atomic E-state index is 0.109. The molecule has 7 heteroatoms. The Morgan fingerprint density at radius 1 is 1.47 bits per heavy atom. The Balaban J connectivity index is 1.95. The zero-order valence-corrected chi connectivity index (χ0v) is 10.1. The molecule has 1 aromatic rings. The lowest BCUT2D eigenvalue weighted by Crippen LogP contribution is -2.35. The number of nitrogens with zero attached hydrogens (tertiary/aromatic N) is 2. The molecule has 0 spiro atoms. The third kappa shape index (κ3) is 3.06. The van der Waals surface area contributed by atoms with Gasteiger partial charge < -0.3 is 4.74 Å². The highest BCUT2D eigenvalue weighted by Crippen LogP contribution is 2.19. The van der Waals surface area contributed by atoms with Crippen molar-refractivity contribution >= 4 is 17.5 Å². The lowest BCUT2D eigenvalue weighted by atomic mass is 10.3. The van der Waals surface area contributed by atoms with Gasteiger partial charge in [-0.25, -0.2) is 0 Å². The Kier molecular flexibility index (Phi) is 3.74. The van der Waals surface area contributed by atoms with E-state index in [1.54, 1.807) is 0 Å². The van der Waals surface area contributed by atoms with Crippen molar-refractivity contribution in [3.05, 3.63) is 34.4 Å². The van der Waals surface area contributed by atoms with E-state index >= 15 is 0 Å². The molecule has 19 heavy (non-hydrogen) atoms. The number of carbonyl (C=O) groups excluding carboxylic acids is 2. The maximum absolute atomic E-state index is 11.7. The van der Waals surface area contributed by atoms with Crippen LogP contribution < -0.4 is 4.74 Å². The van der Waals surface area contributed by atoms with E-state index in [0.29, 0.717) is 19.4 Å². The fourth-order valence-corrected chi connectivity index (χ4v) is 1.82. The maximum Gasteiger partial charge on any atom is 0.273 e. The van der Waals surface area contributed by atoms with Gasteiger partial charge in [-0.2, -0.15) is 0 Å². The first-order chi connectivity index (χ1) is 9.08. The fraction of sp³-hybridized carbons (Fsp3) is 0.333. The first kappa shape index (κ1) is 13.0. The van der Waals surface area contributed by atoms with Crippen molar-refractivity contribution in [3.8, 4) is 5.75 Å². The Labute approximate surface area is 108 Å². The summed E-state index contributed by atoms with van der Waals surface area (Å²) in [5.41, 5.74) is -0.109. The van der Waals surface area contributed by atoms with Crippen molar-refractivity contribution in [1.29, 1.82) is 0 Å². The molecule has 100 valence electrons. The smallest absolute Gasteiger partial charge is 0.273 e. The number of benzene rings is 1. The van der Waals surface area contributed by atoms with Crippen LogP contribution in [0.25, 0.3) is 0 Å². The molecule has 0 saturated carbocycles. The molecule has 0 aromatic heterocycles. The predicted molar refractivity (Wildman–Crippen MR) is 64.5 cm³/mol. The second-order valence-electron chi connectivity index (χ2n) is 4.09. The number of hydrogen-bond acceptors (Lipinski definition) is 5. The molecule has 1 heterocycles. The molecule has 7 nitrogen and oxygen atoms in total. The van der Waals surface area contributed by atoms with Crippen LogP contribution in [0.15, 0.2) is 24.3 Å². The largest absolute Gasteiger partial charge is 0.483 e. The molecule has 0 atom stereocenters. The quantitative estimate of drug-likeness (QED) is 0.600. The molecule has 2 rings (SSSR count). The van der Waals surface area contributed by atoms with Crippen LogP contribution in [0.4, 0.5) is 5.69 Å². The monoisotopic (exact) mass is 264 g/mol. The van der Waals surface area contributed by atoms with Crippen LogP contribution in [0.1, 0.15) is 12.8 Å². The standard InChI is InChI=1S/C12H12N2O5/c15-11-5-2-6-13(11)12(16)8-19-10-4-1-3-9(7-10)14(17)18/h1,3-4,7H,2,5-6,8H2. The van der Waals surface area contributed by atoms with Crippen LogP contribution in [0.5, 0.6) is 5.75 Å². The number of rotatable bonds is 4. The second-order valence-corrected chi connectivity index (χ2v) is 4.09. The number of carbonyl (C=O) groups is 2. The molecular formula is C12H12N2O5. The van der Waals surface area contributed by atoms with E-state index in [9.17, 15) is 19.7 Å². The second kappa shape index (κ2) is 5.47. The number of amides is 2. The summed E-state index contributed by atoms with van der Waals surface area (Å²) in [7, 11) is 0. The Morgan fingerprint density at radius 2 is 2.26 bits per heavy atom. The zero-order chi connectivity index (χ0) is 13.8. The molecule has 0 N–H and O–H groups in total. The average molecular weight is 264 g/mol. The van der Waals surface area contributed by atoms with Crippen molar-refractivity contribution in [2.24, 2.45) is 0 Å². The molecule has 0 aliphatic carbocycles. The van der Waals surface area contributed by atoms with Crippen molar-refractivity contribution in [2.45, 2.75) is 12.8 Å². The average Bonchev–Trinajstić information content (AvgIpc) is 2.82. The first-order valence-corrected chi connectivity index (χ1v) is 5.78. The van der Waals surface area contributed by atoms with Crippen LogP contribution in [-0.4, -0.2) is 34.8 Å². The van der Waals surface area contributed by atoms with Crippen molar-refractivity contribution in [3.63, 3.8) is 0 Å². The van der Waals surface area contributed by atoms with E-state index < -0.39 is 10.8 Å². The molecule has 1 saturated heterocycles. The summed E-state index contributed by atoms with van der Waals surface area (Å²) in [6.07, 6.45) is 1.05. The molecule has 1 aliphatic rings. The minimum atomic E-state index is -0.543. The number of nitro benzene ring substituents is 1. The predicted octanol–water partition coefficient (Wildman–Crippen LogP) is 1.12. The van der Waals surface area contributed by atoms with Gasteiger partial charge in [-0.05, 0) is 12.5 Å². The molecule has 2 amide bonds.